The van der Waals surface area contributed by atoms with Crippen LogP contribution in [0, 0.1) is 12.7 Å². The second-order valence-electron chi connectivity index (χ2n) is 6.87. The maximum Gasteiger partial charge on any atom is 0.266 e. The lowest BCUT2D eigenvalue weighted by Crippen LogP contribution is -2.31. The number of halogens is 1. The first-order valence-electron chi connectivity index (χ1n) is 9.70. The van der Waals surface area contributed by atoms with Crippen molar-refractivity contribution in [1.82, 2.24) is 14.6 Å². The number of hydrogen-bond donors (Lipinski definition) is 0. The highest BCUT2D eigenvalue weighted by Gasteiger charge is 2.27. The van der Waals surface area contributed by atoms with Crippen molar-refractivity contribution in [3.05, 3.63) is 84.1 Å². The van der Waals surface area contributed by atoms with Gasteiger partial charge in [0.1, 0.15) is 22.3 Å². The molecule has 2 aromatic carbocycles. The van der Waals surface area contributed by atoms with E-state index >= 15 is 0 Å². The SMILES string of the molecule is CCOc1ccc(N(Cc2ccccc2F)S(=O)(=O)c2ccc3nnc(C)n3c2)cc1. The molecular weight excluding hydrogens is 419 g/mol. The second-order valence-corrected chi connectivity index (χ2v) is 8.73. The number of rotatable bonds is 7. The number of aromatic nitrogens is 3. The number of pyridine rings is 1. The molecular formula is C22H21FN4O3S. The molecule has 7 nitrogen and oxygen atoms in total. The third-order valence-corrected chi connectivity index (χ3v) is 6.60. The van der Waals surface area contributed by atoms with Crippen LogP contribution < -0.4 is 9.04 Å². The molecule has 160 valence electrons. The summed E-state index contributed by atoms with van der Waals surface area (Å²) in [6.45, 7) is 3.93. The van der Waals surface area contributed by atoms with Gasteiger partial charge in [0.15, 0.2) is 5.65 Å². The number of sulfonamides is 1. The smallest absolute Gasteiger partial charge is 0.266 e. The molecule has 31 heavy (non-hydrogen) atoms. The lowest BCUT2D eigenvalue weighted by atomic mass is 10.2. The maximum absolute atomic E-state index is 14.4. The largest absolute Gasteiger partial charge is 0.494 e. The molecule has 2 heterocycles. The van der Waals surface area contributed by atoms with Crippen molar-refractivity contribution in [3.63, 3.8) is 0 Å². The summed E-state index contributed by atoms with van der Waals surface area (Å²) < 4.78 is 49.9. The zero-order valence-electron chi connectivity index (χ0n) is 17.1. The van der Waals surface area contributed by atoms with Crippen LogP contribution in [0.1, 0.15) is 18.3 Å². The number of anilines is 1. The van der Waals surface area contributed by atoms with Crippen LogP contribution in [0.15, 0.2) is 71.8 Å². The summed E-state index contributed by atoms with van der Waals surface area (Å²) in [6, 6.07) is 15.9. The van der Waals surface area contributed by atoms with E-state index in [0.717, 1.165) is 0 Å². The van der Waals surface area contributed by atoms with Gasteiger partial charge >= 0.3 is 0 Å². The molecule has 0 N–H and O–H groups in total. The van der Waals surface area contributed by atoms with E-state index in [9.17, 15) is 12.8 Å². The Bertz CT molecular complexity index is 1320. The molecule has 4 rings (SSSR count). The Hall–Kier alpha value is -3.46. The van der Waals surface area contributed by atoms with Crippen LogP contribution in [-0.4, -0.2) is 29.6 Å². The summed E-state index contributed by atoms with van der Waals surface area (Å²) in [6.07, 6.45) is 1.48. The van der Waals surface area contributed by atoms with Crippen molar-refractivity contribution in [2.75, 3.05) is 10.9 Å². The van der Waals surface area contributed by atoms with E-state index in [1.54, 1.807) is 59.9 Å². The molecule has 0 atom stereocenters. The molecule has 0 aliphatic rings. The van der Waals surface area contributed by atoms with Crippen LogP contribution in [0.25, 0.3) is 5.65 Å². The van der Waals surface area contributed by atoms with E-state index in [0.29, 0.717) is 29.5 Å². The Morgan fingerprint density at radius 1 is 1.03 bits per heavy atom. The Morgan fingerprint density at radius 2 is 1.77 bits per heavy atom. The van der Waals surface area contributed by atoms with Crippen LogP contribution in [0.4, 0.5) is 10.1 Å². The van der Waals surface area contributed by atoms with Gasteiger partial charge in [0.2, 0.25) is 0 Å². The highest BCUT2D eigenvalue weighted by atomic mass is 32.2. The van der Waals surface area contributed by atoms with Crippen LogP contribution in [0.5, 0.6) is 5.75 Å². The number of aryl methyl sites for hydroxylation is 1. The van der Waals surface area contributed by atoms with E-state index in [1.807, 2.05) is 6.92 Å². The summed E-state index contributed by atoms with van der Waals surface area (Å²) in [5.41, 5.74) is 1.20. The average molecular weight is 441 g/mol. The van der Waals surface area contributed by atoms with Crippen LogP contribution in [-0.2, 0) is 16.6 Å². The van der Waals surface area contributed by atoms with E-state index in [1.165, 1.54) is 22.6 Å². The molecule has 0 aliphatic carbocycles. The van der Waals surface area contributed by atoms with Gasteiger partial charge in [0.05, 0.1) is 18.8 Å². The number of ether oxygens (including phenoxy) is 1. The fourth-order valence-corrected chi connectivity index (χ4v) is 4.68. The first kappa shape index (κ1) is 20.8. The molecule has 0 bridgehead atoms. The second kappa shape index (κ2) is 8.35. The van der Waals surface area contributed by atoms with Crippen molar-refractivity contribution in [2.45, 2.75) is 25.3 Å². The monoisotopic (exact) mass is 440 g/mol. The van der Waals surface area contributed by atoms with Gasteiger partial charge in [-0.1, -0.05) is 18.2 Å². The molecule has 0 unspecified atom stereocenters. The maximum atomic E-state index is 14.4. The average Bonchev–Trinajstić information content (AvgIpc) is 3.14. The van der Waals surface area contributed by atoms with Gasteiger partial charge in [-0.2, -0.15) is 0 Å². The van der Waals surface area contributed by atoms with E-state index in [4.69, 9.17) is 4.74 Å². The predicted molar refractivity (Wildman–Crippen MR) is 115 cm³/mol. The third kappa shape index (κ3) is 4.09. The van der Waals surface area contributed by atoms with Crippen molar-refractivity contribution in [1.29, 1.82) is 0 Å². The molecule has 0 aliphatic heterocycles. The Morgan fingerprint density at radius 3 is 2.48 bits per heavy atom. The lowest BCUT2D eigenvalue weighted by molar-refractivity contribution is 0.340. The third-order valence-electron chi connectivity index (χ3n) is 4.84. The fourth-order valence-electron chi connectivity index (χ4n) is 3.24. The minimum absolute atomic E-state index is 0.0492. The summed E-state index contributed by atoms with van der Waals surface area (Å²) >= 11 is 0. The molecule has 0 spiro atoms. The topological polar surface area (TPSA) is 76.8 Å². The molecule has 0 saturated carbocycles. The first-order valence-corrected chi connectivity index (χ1v) is 11.1. The highest BCUT2D eigenvalue weighted by molar-refractivity contribution is 7.92. The summed E-state index contributed by atoms with van der Waals surface area (Å²) in [7, 11) is -4.03. The molecule has 0 fully saturated rings. The van der Waals surface area contributed by atoms with Gasteiger partial charge in [-0.05, 0) is 56.3 Å². The van der Waals surface area contributed by atoms with E-state index < -0.39 is 15.8 Å². The number of nitrogens with zero attached hydrogens (tertiary/aromatic N) is 4. The first-order chi connectivity index (χ1) is 14.9. The van der Waals surface area contributed by atoms with E-state index in [-0.39, 0.29) is 17.0 Å². The molecule has 0 amide bonds. The number of fused-ring (bicyclic) bond motifs is 1. The summed E-state index contributed by atoms with van der Waals surface area (Å²) in [5, 5.41) is 7.96. The van der Waals surface area contributed by atoms with Gasteiger partial charge in [-0.25, -0.2) is 12.8 Å². The van der Waals surface area contributed by atoms with Crippen LogP contribution >= 0.6 is 0 Å². The summed E-state index contributed by atoms with van der Waals surface area (Å²) in [5.74, 6) is 0.712. The number of benzene rings is 2. The predicted octanol–water partition coefficient (Wildman–Crippen LogP) is 3.97. The van der Waals surface area contributed by atoms with Gasteiger partial charge in [0, 0.05) is 11.8 Å². The van der Waals surface area contributed by atoms with Crippen molar-refractivity contribution < 1.29 is 17.5 Å². The normalized spacial score (nSPS) is 11.6. The van der Waals surface area contributed by atoms with Crippen molar-refractivity contribution in [3.8, 4) is 5.75 Å². The summed E-state index contributed by atoms with van der Waals surface area (Å²) in [4.78, 5) is 0.0492. The van der Waals surface area contributed by atoms with Crippen molar-refractivity contribution >= 4 is 21.4 Å². The van der Waals surface area contributed by atoms with Gasteiger partial charge in [-0.3, -0.25) is 8.71 Å². The van der Waals surface area contributed by atoms with Gasteiger partial charge < -0.3 is 4.74 Å². The molecule has 0 saturated heterocycles. The van der Waals surface area contributed by atoms with Crippen LogP contribution in [0.2, 0.25) is 0 Å². The number of hydrogen-bond acceptors (Lipinski definition) is 5. The standard InChI is InChI=1S/C22H21FN4O3S/c1-3-30-19-10-8-18(9-11-19)27(14-17-6-4-5-7-21(17)23)31(28,29)20-12-13-22-25-24-16(2)26(22)15-20/h4-13,15H,3,14H2,1-2H3. The molecule has 2 aromatic heterocycles. The van der Waals surface area contributed by atoms with Gasteiger partial charge in [0.25, 0.3) is 10.0 Å². The van der Waals surface area contributed by atoms with Crippen molar-refractivity contribution in [2.24, 2.45) is 0 Å². The quantitative estimate of drug-likeness (QED) is 0.435. The lowest BCUT2D eigenvalue weighted by Gasteiger charge is -2.25. The minimum atomic E-state index is -4.03. The zero-order chi connectivity index (χ0) is 22.0. The highest BCUT2D eigenvalue weighted by Crippen LogP contribution is 2.28. The minimum Gasteiger partial charge on any atom is -0.494 e. The Labute approximate surface area is 179 Å². The van der Waals surface area contributed by atoms with Crippen LogP contribution in [0.3, 0.4) is 0 Å². The Kier molecular flexibility index (Phi) is 5.60. The molecule has 0 radical (unpaired) electrons. The fraction of sp³-hybridized carbons (Fsp3) is 0.182. The molecule has 4 aromatic rings. The van der Waals surface area contributed by atoms with E-state index in [2.05, 4.69) is 10.2 Å². The zero-order valence-corrected chi connectivity index (χ0v) is 17.9. The molecule has 9 heteroatoms. The van der Waals surface area contributed by atoms with Gasteiger partial charge in [-0.15, -0.1) is 10.2 Å². The Balaban J connectivity index is 1.81.